The molecule has 0 aromatic heterocycles. The summed E-state index contributed by atoms with van der Waals surface area (Å²) in [5.74, 6) is 0.242. The lowest BCUT2D eigenvalue weighted by atomic mass is 10.1. The second-order valence-electron chi connectivity index (χ2n) is 5.31. The summed E-state index contributed by atoms with van der Waals surface area (Å²) >= 11 is 3.34. The zero-order valence-electron chi connectivity index (χ0n) is 12.8. The average molecular weight is 386 g/mol. The summed E-state index contributed by atoms with van der Waals surface area (Å²) in [6.07, 6.45) is 0. The first-order valence-electron chi connectivity index (χ1n) is 7.46. The summed E-state index contributed by atoms with van der Waals surface area (Å²) < 4.78 is 6.36. The number of hydrogen-bond acceptors (Lipinski definition) is 3. The zero-order valence-corrected chi connectivity index (χ0v) is 14.4. The van der Waals surface area contributed by atoms with Gasteiger partial charge >= 0.3 is 0 Å². The number of rotatable bonds is 5. The highest BCUT2D eigenvalue weighted by Gasteiger charge is 2.08. The molecule has 0 atom stereocenters. The number of aliphatic hydroxyl groups excluding tert-OH is 1. The summed E-state index contributed by atoms with van der Waals surface area (Å²) in [4.78, 5) is 12.1. The van der Waals surface area contributed by atoms with Crippen LogP contribution < -0.4 is 10.1 Å². The molecule has 0 aliphatic carbocycles. The molecule has 3 aromatic rings. The number of ether oxygens (including phenoxy) is 1. The van der Waals surface area contributed by atoms with Crippen molar-refractivity contribution in [2.45, 2.75) is 6.61 Å². The number of carbonyl (C=O) groups excluding carboxylic acids is 1. The third kappa shape index (κ3) is 3.93. The Morgan fingerprint density at radius 1 is 1.04 bits per heavy atom. The third-order valence-electron chi connectivity index (χ3n) is 3.58. The maximum atomic E-state index is 12.1. The van der Waals surface area contributed by atoms with E-state index < -0.39 is 0 Å². The molecule has 0 heterocycles. The van der Waals surface area contributed by atoms with Gasteiger partial charge in [0.2, 0.25) is 0 Å². The monoisotopic (exact) mass is 385 g/mol. The van der Waals surface area contributed by atoms with Gasteiger partial charge < -0.3 is 15.2 Å². The Bertz CT molecular complexity index is 879. The van der Waals surface area contributed by atoms with Gasteiger partial charge in [0.15, 0.2) is 6.61 Å². The van der Waals surface area contributed by atoms with Crippen molar-refractivity contribution in [3.05, 3.63) is 70.7 Å². The molecular weight excluding hydrogens is 370 g/mol. The molecule has 0 radical (unpaired) electrons. The predicted octanol–water partition coefficient (Wildman–Crippen LogP) is 4.11. The van der Waals surface area contributed by atoms with E-state index in [-0.39, 0.29) is 19.1 Å². The van der Waals surface area contributed by atoms with Crippen molar-refractivity contribution in [3.63, 3.8) is 0 Å². The van der Waals surface area contributed by atoms with Crippen LogP contribution >= 0.6 is 15.9 Å². The van der Waals surface area contributed by atoms with Crippen molar-refractivity contribution in [2.24, 2.45) is 0 Å². The number of carbonyl (C=O) groups is 1. The van der Waals surface area contributed by atoms with Crippen LogP contribution in [0, 0.1) is 0 Å². The first kappa shape index (κ1) is 16.5. The smallest absolute Gasteiger partial charge is 0.262 e. The number of benzene rings is 3. The van der Waals surface area contributed by atoms with Gasteiger partial charge in [-0.1, -0.05) is 46.3 Å². The highest BCUT2D eigenvalue weighted by atomic mass is 79.9. The first-order chi connectivity index (χ1) is 11.7. The van der Waals surface area contributed by atoms with Crippen molar-refractivity contribution >= 4 is 38.3 Å². The molecule has 0 spiro atoms. The Morgan fingerprint density at radius 2 is 1.83 bits per heavy atom. The minimum atomic E-state index is -0.253. The topological polar surface area (TPSA) is 58.6 Å². The van der Waals surface area contributed by atoms with E-state index in [2.05, 4.69) is 21.2 Å². The van der Waals surface area contributed by atoms with E-state index in [1.54, 1.807) is 18.2 Å². The molecule has 0 fully saturated rings. The second kappa shape index (κ2) is 7.47. The fourth-order valence-corrected chi connectivity index (χ4v) is 2.83. The van der Waals surface area contributed by atoms with E-state index in [0.717, 1.165) is 20.9 Å². The van der Waals surface area contributed by atoms with E-state index in [4.69, 9.17) is 4.74 Å². The van der Waals surface area contributed by atoms with Crippen molar-refractivity contribution in [1.29, 1.82) is 0 Å². The summed E-state index contributed by atoms with van der Waals surface area (Å²) in [7, 11) is 0. The minimum absolute atomic E-state index is 0.124. The quantitative estimate of drug-likeness (QED) is 0.694. The van der Waals surface area contributed by atoms with Crippen LogP contribution in [0.1, 0.15) is 5.56 Å². The second-order valence-corrected chi connectivity index (χ2v) is 6.22. The molecule has 3 rings (SSSR count). The van der Waals surface area contributed by atoms with E-state index in [1.807, 2.05) is 42.5 Å². The van der Waals surface area contributed by atoms with Gasteiger partial charge in [-0.05, 0) is 41.1 Å². The lowest BCUT2D eigenvalue weighted by Crippen LogP contribution is -2.20. The van der Waals surface area contributed by atoms with Crippen LogP contribution in [0.25, 0.3) is 10.8 Å². The third-order valence-corrected chi connectivity index (χ3v) is 4.08. The fraction of sp³-hybridized carbons (Fsp3) is 0.105. The molecule has 0 aliphatic heterocycles. The molecule has 3 aromatic carbocycles. The van der Waals surface area contributed by atoms with Crippen molar-refractivity contribution in [3.8, 4) is 5.75 Å². The van der Waals surface area contributed by atoms with Gasteiger partial charge in [0, 0.05) is 15.7 Å². The van der Waals surface area contributed by atoms with Gasteiger partial charge in [-0.25, -0.2) is 0 Å². The number of anilines is 1. The maximum Gasteiger partial charge on any atom is 0.262 e. The molecule has 24 heavy (non-hydrogen) atoms. The first-order valence-corrected chi connectivity index (χ1v) is 8.26. The summed E-state index contributed by atoms with van der Waals surface area (Å²) in [5.41, 5.74) is 1.35. The zero-order chi connectivity index (χ0) is 16.9. The molecule has 0 saturated carbocycles. The van der Waals surface area contributed by atoms with E-state index in [0.29, 0.717) is 11.3 Å². The van der Waals surface area contributed by atoms with Gasteiger partial charge in [-0.15, -0.1) is 0 Å². The summed E-state index contributed by atoms with van der Waals surface area (Å²) in [6, 6.07) is 19.0. The van der Waals surface area contributed by atoms with E-state index in [9.17, 15) is 9.90 Å². The van der Waals surface area contributed by atoms with Crippen LogP contribution in [0.2, 0.25) is 0 Å². The molecule has 4 nitrogen and oxygen atoms in total. The minimum Gasteiger partial charge on any atom is -0.483 e. The number of aliphatic hydroxyl groups is 1. The normalized spacial score (nSPS) is 10.6. The largest absolute Gasteiger partial charge is 0.483 e. The molecule has 2 N–H and O–H groups in total. The SMILES string of the molecule is O=C(COc1ccc(Br)cc1CO)Nc1ccc2ccccc2c1. The molecule has 122 valence electrons. The molecule has 1 amide bonds. The number of amides is 1. The average Bonchev–Trinajstić information content (AvgIpc) is 2.60. The molecule has 0 bridgehead atoms. The molecule has 0 aliphatic rings. The van der Waals surface area contributed by atoms with Crippen molar-refractivity contribution in [2.75, 3.05) is 11.9 Å². The van der Waals surface area contributed by atoms with Crippen LogP contribution in [0.3, 0.4) is 0 Å². The van der Waals surface area contributed by atoms with Gasteiger partial charge in [0.05, 0.1) is 6.61 Å². The van der Waals surface area contributed by atoms with Crippen LogP contribution in [0.5, 0.6) is 5.75 Å². The number of hydrogen-bond donors (Lipinski definition) is 2. The van der Waals surface area contributed by atoms with Gasteiger partial charge in [-0.3, -0.25) is 4.79 Å². The van der Waals surface area contributed by atoms with Gasteiger partial charge in [0.25, 0.3) is 5.91 Å². The van der Waals surface area contributed by atoms with Crippen LogP contribution in [0.15, 0.2) is 65.1 Å². The predicted molar refractivity (Wildman–Crippen MR) is 98.1 cm³/mol. The van der Waals surface area contributed by atoms with Crippen LogP contribution in [0.4, 0.5) is 5.69 Å². The molecule has 0 unspecified atom stereocenters. The summed E-state index contributed by atoms with van der Waals surface area (Å²) in [6.45, 7) is -0.275. The standard InChI is InChI=1S/C19H16BrNO3/c20-16-6-8-18(15(9-16)11-22)24-12-19(23)21-17-7-5-13-3-1-2-4-14(13)10-17/h1-10,22H,11-12H2,(H,21,23). The van der Waals surface area contributed by atoms with E-state index in [1.165, 1.54) is 0 Å². The lowest BCUT2D eigenvalue weighted by Gasteiger charge is -2.11. The van der Waals surface area contributed by atoms with Crippen LogP contribution in [-0.2, 0) is 11.4 Å². The van der Waals surface area contributed by atoms with E-state index >= 15 is 0 Å². The summed E-state index contributed by atoms with van der Waals surface area (Å²) in [5, 5.41) is 14.3. The number of nitrogens with one attached hydrogen (secondary N) is 1. The maximum absolute atomic E-state index is 12.1. The van der Waals surface area contributed by atoms with Crippen molar-refractivity contribution in [1.82, 2.24) is 0 Å². The molecular formula is C19H16BrNO3. The van der Waals surface area contributed by atoms with Crippen LogP contribution in [-0.4, -0.2) is 17.6 Å². The Balaban J connectivity index is 1.65. The molecule has 5 heteroatoms. The fourth-order valence-electron chi connectivity index (χ4n) is 2.42. The Labute approximate surface area is 148 Å². The van der Waals surface area contributed by atoms with Crippen molar-refractivity contribution < 1.29 is 14.6 Å². The Kier molecular flexibility index (Phi) is 5.13. The van der Waals surface area contributed by atoms with Gasteiger partial charge in [-0.2, -0.15) is 0 Å². The Hall–Kier alpha value is -2.37. The number of fused-ring (bicyclic) bond motifs is 1. The van der Waals surface area contributed by atoms with Gasteiger partial charge in [0.1, 0.15) is 5.75 Å². The highest BCUT2D eigenvalue weighted by molar-refractivity contribution is 9.10. The lowest BCUT2D eigenvalue weighted by molar-refractivity contribution is -0.118. The Morgan fingerprint density at radius 3 is 2.62 bits per heavy atom. The number of halogens is 1. The highest BCUT2D eigenvalue weighted by Crippen LogP contribution is 2.23. The molecule has 0 saturated heterocycles.